The number of anilines is 1. The lowest BCUT2D eigenvalue weighted by atomic mass is 9.95. The number of carboxylic acids is 1. The van der Waals surface area contributed by atoms with Gasteiger partial charge in [-0.3, -0.25) is 19.4 Å². The first-order valence-corrected chi connectivity index (χ1v) is 12.0. The molecule has 13 heteroatoms. The van der Waals surface area contributed by atoms with Gasteiger partial charge in [0.05, 0.1) is 30.1 Å². The van der Waals surface area contributed by atoms with E-state index in [9.17, 15) is 27.6 Å². The average Bonchev–Trinajstić information content (AvgIpc) is 3.11. The van der Waals surface area contributed by atoms with Crippen LogP contribution >= 0.6 is 11.6 Å². The molecule has 0 aliphatic carbocycles. The van der Waals surface area contributed by atoms with Crippen LogP contribution < -0.4 is 4.90 Å². The standard InChI is InChI=1S/C25H26ClF3N4O5/c1-15(11-21(35)36)10-20(34)22-18-12-16(26)13-31-23(18)32(2)19(22)5-8-38-9-7-33(24(37)25(27,28)29)17-4-3-6-30-14-17/h3-4,6,12-15H,5,7-11H2,1-2H3,(H,35,36). The molecule has 0 saturated heterocycles. The highest BCUT2D eigenvalue weighted by Gasteiger charge is 2.43. The summed E-state index contributed by atoms with van der Waals surface area (Å²) >= 11 is 6.11. The van der Waals surface area contributed by atoms with Crippen molar-refractivity contribution in [2.45, 2.75) is 32.4 Å². The van der Waals surface area contributed by atoms with Crippen molar-refractivity contribution >= 4 is 46.0 Å². The molecule has 1 unspecified atom stereocenters. The quantitative estimate of drug-likeness (QED) is 0.260. The highest BCUT2D eigenvalue weighted by molar-refractivity contribution is 6.31. The van der Waals surface area contributed by atoms with E-state index in [-0.39, 0.29) is 50.5 Å². The van der Waals surface area contributed by atoms with Crippen LogP contribution in [0.3, 0.4) is 0 Å². The molecule has 0 aliphatic rings. The number of aryl methyl sites for hydroxylation is 1. The van der Waals surface area contributed by atoms with Crippen molar-refractivity contribution in [3.63, 3.8) is 0 Å². The number of hydrogen-bond donors (Lipinski definition) is 1. The predicted molar refractivity (Wildman–Crippen MR) is 133 cm³/mol. The number of nitrogens with zero attached hydrogens (tertiary/aromatic N) is 4. The average molecular weight is 555 g/mol. The fourth-order valence-electron chi connectivity index (χ4n) is 4.17. The maximum absolute atomic E-state index is 13.2. The van der Waals surface area contributed by atoms with Gasteiger partial charge in [0.25, 0.3) is 0 Å². The number of ether oxygens (including phenoxy) is 1. The smallest absolute Gasteiger partial charge is 0.471 e. The second-order valence-corrected chi connectivity index (χ2v) is 9.20. The van der Waals surface area contributed by atoms with E-state index in [0.29, 0.717) is 32.2 Å². The predicted octanol–water partition coefficient (Wildman–Crippen LogP) is 4.46. The minimum atomic E-state index is -5.07. The van der Waals surface area contributed by atoms with Crippen molar-refractivity contribution in [1.82, 2.24) is 14.5 Å². The number of carbonyl (C=O) groups is 3. The van der Waals surface area contributed by atoms with Crippen molar-refractivity contribution < 1.29 is 37.4 Å². The normalized spacial score (nSPS) is 12.5. The van der Waals surface area contributed by atoms with Gasteiger partial charge in [0.1, 0.15) is 5.65 Å². The molecular formula is C25H26ClF3N4O5. The van der Waals surface area contributed by atoms with Crippen LogP contribution in [-0.4, -0.2) is 63.2 Å². The van der Waals surface area contributed by atoms with Crippen LogP contribution in [-0.2, 0) is 27.8 Å². The van der Waals surface area contributed by atoms with Crippen molar-refractivity contribution in [3.05, 3.63) is 53.1 Å². The summed E-state index contributed by atoms with van der Waals surface area (Å²) in [5, 5.41) is 9.88. The first-order chi connectivity index (χ1) is 17.9. The fraction of sp³-hybridized carbons (Fsp3) is 0.400. The fourth-order valence-corrected chi connectivity index (χ4v) is 4.33. The first kappa shape index (κ1) is 29.1. The van der Waals surface area contributed by atoms with Gasteiger partial charge in [-0.1, -0.05) is 18.5 Å². The Morgan fingerprint density at radius 3 is 2.58 bits per heavy atom. The molecule has 3 heterocycles. The molecule has 0 aliphatic heterocycles. The van der Waals surface area contributed by atoms with Crippen LogP contribution in [0.5, 0.6) is 0 Å². The first-order valence-electron chi connectivity index (χ1n) is 11.6. The number of alkyl halides is 3. The van der Waals surface area contributed by atoms with Crippen molar-refractivity contribution in [3.8, 4) is 0 Å². The monoisotopic (exact) mass is 554 g/mol. The maximum atomic E-state index is 13.2. The van der Waals surface area contributed by atoms with Gasteiger partial charge in [0.15, 0.2) is 5.78 Å². The summed E-state index contributed by atoms with van der Waals surface area (Å²) in [4.78, 5) is 44.8. The van der Waals surface area contributed by atoms with E-state index in [1.807, 2.05) is 0 Å². The third-order valence-electron chi connectivity index (χ3n) is 5.84. The molecule has 3 aromatic rings. The summed E-state index contributed by atoms with van der Waals surface area (Å²) < 4.78 is 46.6. The molecule has 0 saturated carbocycles. The number of carbonyl (C=O) groups excluding carboxylic acids is 2. The maximum Gasteiger partial charge on any atom is 0.471 e. The van der Waals surface area contributed by atoms with Gasteiger partial charge in [-0.2, -0.15) is 13.2 Å². The van der Waals surface area contributed by atoms with E-state index in [4.69, 9.17) is 21.4 Å². The second-order valence-electron chi connectivity index (χ2n) is 8.76. The highest BCUT2D eigenvalue weighted by atomic mass is 35.5. The van der Waals surface area contributed by atoms with Gasteiger partial charge in [-0.05, 0) is 24.1 Å². The lowest BCUT2D eigenvalue weighted by molar-refractivity contribution is -0.170. The molecule has 0 spiro atoms. The van der Waals surface area contributed by atoms with Crippen LogP contribution in [0.25, 0.3) is 11.0 Å². The SMILES string of the molecule is CC(CC(=O)O)CC(=O)c1c(CCOCCN(C(=O)C(F)(F)F)c2cccnc2)n(C)c2ncc(Cl)cc12. The van der Waals surface area contributed by atoms with E-state index in [1.165, 1.54) is 24.5 Å². The Hall–Kier alpha value is -3.51. The Morgan fingerprint density at radius 1 is 1.21 bits per heavy atom. The third kappa shape index (κ3) is 7.07. The summed E-state index contributed by atoms with van der Waals surface area (Å²) in [7, 11) is 1.71. The van der Waals surface area contributed by atoms with Gasteiger partial charge in [0, 0.05) is 61.9 Å². The molecule has 3 rings (SSSR count). The summed E-state index contributed by atoms with van der Waals surface area (Å²) in [6.07, 6.45) is -1.07. The lowest BCUT2D eigenvalue weighted by Gasteiger charge is -2.23. The zero-order valence-electron chi connectivity index (χ0n) is 20.7. The number of rotatable bonds is 12. The minimum Gasteiger partial charge on any atom is -0.481 e. The molecule has 0 aromatic carbocycles. The van der Waals surface area contributed by atoms with Crippen molar-refractivity contribution in [2.75, 3.05) is 24.7 Å². The summed E-state index contributed by atoms with van der Waals surface area (Å²) in [5.74, 6) is -3.72. The Morgan fingerprint density at radius 2 is 1.95 bits per heavy atom. The zero-order chi connectivity index (χ0) is 28.0. The molecule has 0 radical (unpaired) electrons. The van der Waals surface area contributed by atoms with Crippen LogP contribution in [0, 0.1) is 5.92 Å². The Balaban J connectivity index is 1.75. The Kier molecular flexibility index (Phi) is 9.45. The van der Waals surface area contributed by atoms with E-state index in [1.54, 1.807) is 24.6 Å². The molecular weight excluding hydrogens is 529 g/mol. The number of hydrogen-bond acceptors (Lipinski definition) is 6. The highest BCUT2D eigenvalue weighted by Crippen LogP contribution is 2.29. The van der Waals surface area contributed by atoms with Gasteiger partial charge in [-0.15, -0.1) is 0 Å². The van der Waals surface area contributed by atoms with E-state index < -0.39 is 24.0 Å². The Labute approximate surface area is 221 Å². The number of halogens is 4. The van der Waals surface area contributed by atoms with Crippen LogP contribution in [0.4, 0.5) is 18.9 Å². The number of amides is 1. The number of aliphatic carboxylic acids is 1. The minimum absolute atomic E-state index is 0.00852. The summed E-state index contributed by atoms with van der Waals surface area (Å²) in [6, 6.07) is 4.37. The molecule has 38 heavy (non-hydrogen) atoms. The third-order valence-corrected chi connectivity index (χ3v) is 6.04. The molecule has 0 bridgehead atoms. The van der Waals surface area contributed by atoms with Crippen molar-refractivity contribution in [2.24, 2.45) is 13.0 Å². The van der Waals surface area contributed by atoms with E-state index in [0.717, 1.165) is 6.20 Å². The topological polar surface area (TPSA) is 115 Å². The van der Waals surface area contributed by atoms with Crippen molar-refractivity contribution in [1.29, 1.82) is 0 Å². The van der Waals surface area contributed by atoms with Gasteiger partial charge in [0.2, 0.25) is 0 Å². The van der Waals surface area contributed by atoms with Gasteiger partial charge < -0.3 is 19.3 Å². The number of aromatic nitrogens is 3. The molecule has 9 nitrogen and oxygen atoms in total. The molecule has 204 valence electrons. The summed E-state index contributed by atoms with van der Waals surface area (Å²) in [6.45, 7) is 1.13. The van der Waals surface area contributed by atoms with Crippen LogP contribution in [0.15, 0.2) is 36.8 Å². The van der Waals surface area contributed by atoms with E-state index in [2.05, 4.69) is 9.97 Å². The molecule has 1 atom stereocenters. The van der Waals surface area contributed by atoms with Gasteiger partial charge in [-0.25, -0.2) is 4.98 Å². The largest absolute Gasteiger partial charge is 0.481 e. The number of carboxylic acid groups (broad SMARTS) is 1. The zero-order valence-corrected chi connectivity index (χ0v) is 21.4. The molecule has 1 amide bonds. The van der Waals surface area contributed by atoms with E-state index >= 15 is 0 Å². The second kappa shape index (κ2) is 12.4. The number of ketones is 1. The molecule has 1 N–H and O–H groups in total. The number of fused-ring (bicyclic) bond motifs is 1. The van der Waals surface area contributed by atoms with Crippen LogP contribution in [0.2, 0.25) is 5.02 Å². The number of pyridine rings is 2. The Bertz CT molecular complexity index is 1310. The number of Topliss-reactive ketones (excluding diaryl/α,β-unsaturated/α-hetero) is 1. The molecule has 0 fully saturated rings. The van der Waals surface area contributed by atoms with Gasteiger partial charge >= 0.3 is 18.1 Å². The lowest BCUT2D eigenvalue weighted by Crippen LogP contribution is -2.43. The summed E-state index contributed by atoms with van der Waals surface area (Å²) in [5.41, 5.74) is 1.40. The van der Waals surface area contributed by atoms with Crippen LogP contribution in [0.1, 0.15) is 35.8 Å². The molecule has 3 aromatic heterocycles.